The van der Waals surface area contributed by atoms with Gasteiger partial charge >= 0.3 is 0 Å². The van der Waals surface area contributed by atoms with Gasteiger partial charge in [-0.2, -0.15) is 5.10 Å². The average molecular weight is 510 g/mol. The molecule has 3 aromatic carbocycles. The molecule has 1 atom stereocenters. The summed E-state index contributed by atoms with van der Waals surface area (Å²) in [5, 5.41) is 4.16. The molecule has 0 fully saturated rings. The highest BCUT2D eigenvalue weighted by Gasteiger charge is 2.29. The molecule has 1 N–H and O–H groups in total. The number of para-hydroxylation sites is 1. The molecule has 0 radical (unpaired) electrons. The van der Waals surface area contributed by atoms with E-state index in [1.54, 1.807) is 43.3 Å². The lowest BCUT2D eigenvalue weighted by atomic mass is 10.1. The lowest BCUT2D eigenvalue weighted by Crippen LogP contribution is -2.46. The number of sulfonamides is 1. The van der Waals surface area contributed by atoms with Crippen molar-refractivity contribution in [3.05, 3.63) is 78.4 Å². The standard InChI is InChI=1S/C26H27N3O6S/c1-18(20-9-14-24-25(17-20)34-16-15-33-24)27-28-26(30)19(2)29(36(3,31)32)21-10-12-23(13-11-21)35-22-7-5-4-6-8-22/h4-14,17,19H,15-16H2,1-3H3,(H,28,30)/b27-18-/t19-/m1/s1. The van der Waals surface area contributed by atoms with Crippen molar-refractivity contribution in [2.75, 3.05) is 23.8 Å². The number of amides is 1. The Morgan fingerprint density at radius 3 is 2.28 bits per heavy atom. The Labute approximate surface area is 210 Å². The van der Waals surface area contributed by atoms with E-state index in [1.165, 1.54) is 6.92 Å². The van der Waals surface area contributed by atoms with Crippen molar-refractivity contribution in [1.82, 2.24) is 5.43 Å². The molecule has 0 aliphatic carbocycles. The molecule has 4 rings (SSSR count). The third-order valence-corrected chi connectivity index (χ3v) is 6.69. The Hall–Kier alpha value is -4.05. The van der Waals surface area contributed by atoms with Gasteiger partial charge in [0, 0.05) is 5.56 Å². The molecule has 10 heteroatoms. The van der Waals surface area contributed by atoms with E-state index in [9.17, 15) is 13.2 Å². The van der Waals surface area contributed by atoms with Crippen molar-refractivity contribution in [2.45, 2.75) is 19.9 Å². The summed E-state index contributed by atoms with van der Waals surface area (Å²) in [5.41, 5.74) is 4.07. The van der Waals surface area contributed by atoms with Crippen LogP contribution in [0.1, 0.15) is 19.4 Å². The number of benzene rings is 3. The maximum atomic E-state index is 12.9. The van der Waals surface area contributed by atoms with Gasteiger partial charge in [-0.25, -0.2) is 13.8 Å². The van der Waals surface area contributed by atoms with Crippen LogP contribution in [0.25, 0.3) is 0 Å². The fourth-order valence-electron chi connectivity index (χ4n) is 3.66. The number of nitrogens with one attached hydrogen (secondary N) is 1. The zero-order valence-corrected chi connectivity index (χ0v) is 21.0. The highest BCUT2D eigenvalue weighted by Crippen LogP contribution is 2.31. The van der Waals surface area contributed by atoms with Gasteiger partial charge in [0.1, 0.15) is 30.8 Å². The first-order valence-electron chi connectivity index (χ1n) is 11.3. The Bertz CT molecular complexity index is 1360. The third kappa shape index (κ3) is 5.95. The molecule has 0 saturated heterocycles. The average Bonchev–Trinajstić information content (AvgIpc) is 2.87. The summed E-state index contributed by atoms with van der Waals surface area (Å²) in [6.45, 7) is 4.18. The van der Waals surface area contributed by atoms with E-state index in [2.05, 4.69) is 10.5 Å². The van der Waals surface area contributed by atoms with Crippen molar-refractivity contribution in [2.24, 2.45) is 5.10 Å². The second kappa shape index (κ2) is 10.7. The maximum Gasteiger partial charge on any atom is 0.263 e. The van der Waals surface area contributed by atoms with Gasteiger partial charge in [-0.3, -0.25) is 9.10 Å². The predicted octanol–water partition coefficient (Wildman–Crippen LogP) is 3.95. The van der Waals surface area contributed by atoms with Crippen molar-refractivity contribution < 1.29 is 27.4 Å². The van der Waals surface area contributed by atoms with Gasteiger partial charge in [-0.1, -0.05) is 18.2 Å². The van der Waals surface area contributed by atoms with Gasteiger partial charge < -0.3 is 14.2 Å². The van der Waals surface area contributed by atoms with E-state index in [1.807, 2.05) is 36.4 Å². The van der Waals surface area contributed by atoms with Gasteiger partial charge in [-0.05, 0) is 68.4 Å². The Morgan fingerprint density at radius 2 is 1.61 bits per heavy atom. The molecular formula is C26H27N3O6S. The Balaban J connectivity index is 1.47. The summed E-state index contributed by atoms with van der Waals surface area (Å²) in [4.78, 5) is 12.9. The number of rotatable bonds is 8. The summed E-state index contributed by atoms with van der Waals surface area (Å²) in [7, 11) is -3.78. The second-order valence-corrected chi connectivity index (χ2v) is 10.0. The first-order valence-corrected chi connectivity index (χ1v) is 13.1. The lowest BCUT2D eigenvalue weighted by Gasteiger charge is -2.27. The molecule has 1 aliphatic heterocycles. The van der Waals surface area contributed by atoms with Crippen molar-refractivity contribution in [1.29, 1.82) is 0 Å². The number of hydrogen-bond donors (Lipinski definition) is 1. The molecule has 36 heavy (non-hydrogen) atoms. The number of hydrazone groups is 1. The Kier molecular flexibility index (Phi) is 7.44. The molecule has 0 unspecified atom stereocenters. The molecule has 1 aliphatic rings. The maximum absolute atomic E-state index is 12.9. The van der Waals surface area contributed by atoms with Crippen LogP contribution in [0.15, 0.2) is 77.9 Å². The highest BCUT2D eigenvalue weighted by atomic mass is 32.2. The molecule has 3 aromatic rings. The fraction of sp³-hybridized carbons (Fsp3) is 0.231. The van der Waals surface area contributed by atoms with Gasteiger partial charge in [-0.15, -0.1) is 0 Å². The molecule has 1 heterocycles. The van der Waals surface area contributed by atoms with Crippen LogP contribution in [0.4, 0.5) is 5.69 Å². The number of carbonyl (C=O) groups excluding carboxylic acids is 1. The zero-order valence-electron chi connectivity index (χ0n) is 20.2. The second-order valence-electron chi connectivity index (χ2n) is 8.18. The summed E-state index contributed by atoms with van der Waals surface area (Å²) >= 11 is 0. The number of hydrogen-bond acceptors (Lipinski definition) is 7. The fourth-order valence-corrected chi connectivity index (χ4v) is 4.83. The number of ether oxygens (including phenoxy) is 3. The van der Waals surface area contributed by atoms with E-state index in [-0.39, 0.29) is 0 Å². The summed E-state index contributed by atoms with van der Waals surface area (Å²) < 4.78 is 43.1. The summed E-state index contributed by atoms with van der Waals surface area (Å²) in [6.07, 6.45) is 1.05. The molecule has 1 amide bonds. The van der Waals surface area contributed by atoms with Crippen molar-refractivity contribution >= 4 is 27.3 Å². The Morgan fingerprint density at radius 1 is 0.972 bits per heavy atom. The monoisotopic (exact) mass is 509 g/mol. The normalized spacial score (nSPS) is 14.0. The first-order chi connectivity index (χ1) is 17.2. The van der Waals surface area contributed by atoms with Crippen LogP contribution in [0.5, 0.6) is 23.0 Å². The van der Waals surface area contributed by atoms with Crippen LogP contribution in [0, 0.1) is 0 Å². The van der Waals surface area contributed by atoms with Gasteiger partial charge in [0.05, 0.1) is 17.7 Å². The van der Waals surface area contributed by atoms with Crippen LogP contribution in [-0.2, 0) is 14.8 Å². The zero-order chi connectivity index (χ0) is 25.7. The van der Waals surface area contributed by atoms with E-state index in [4.69, 9.17) is 14.2 Å². The largest absolute Gasteiger partial charge is 0.486 e. The van der Waals surface area contributed by atoms with Gasteiger partial charge in [0.15, 0.2) is 11.5 Å². The predicted molar refractivity (Wildman–Crippen MR) is 138 cm³/mol. The van der Waals surface area contributed by atoms with Crippen LogP contribution < -0.4 is 23.9 Å². The third-order valence-electron chi connectivity index (χ3n) is 5.45. The minimum atomic E-state index is -3.78. The van der Waals surface area contributed by atoms with Crippen LogP contribution in [-0.4, -0.2) is 45.5 Å². The minimum absolute atomic E-state index is 0.327. The summed E-state index contributed by atoms with van der Waals surface area (Å²) in [5.74, 6) is 1.87. The molecule has 0 aromatic heterocycles. The van der Waals surface area contributed by atoms with E-state index < -0.39 is 22.0 Å². The number of carbonyl (C=O) groups is 1. The van der Waals surface area contributed by atoms with Crippen LogP contribution in [0.2, 0.25) is 0 Å². The molecule has 188 valence electrons. The SMILES string of the molecule is C/C(=N/NC(=O)[C@@H](C)N(c1ccc(Oc2ccccc2)cc1)S(C)(=O)=O)c1ccc2c(c1)OCCO2. The summed E-state index contributed by atoms with van der Waals surface area (Å²) in [6, 6.07) is 20.0. The molecule has 9 nitrogen and oxygen atoms in total. The van der Waals surface area contributed by atoms with E-state index in [0.717, 1.165) is 16.1 Å². The van der Waals surface area contributed by atoms with Crippen molar-refractivity contribution in [3.8, 4) is 23.0 Å². The van der Waals surface area contributed by atoms with Crippen molar-refractivity contribution in [3.63, 3.8) is 0 Å². The van der Waals surface area contributed by atoms with E-state index in [0.29, 0.717) is 47.6 Å². The molecule has 0 saturated carbocycles. The number of anilines is 1. The minimum Gasteiger partial charge on any atom is -0.486 e. The van der Waals surface area contributed by atoms with Gasteiger partial charge in [0.2, 0.25) is 10.0 Å². The quantitative estimate of drug-likeness (QED) is 0.364. The first kappa shape index (κ1) is 25.1. The molecule has 0 spiro atoms. The lowest BCUT2D eigenvalue weighted by molar-refractivity contribution is -0.121. The number of nitrogens with zero attached hydrogens (tertiary/aromatic N) is 2. The topological polar surface area (TPSA) is 107 Å². The van der Waals surface area contributed by atoms with Crippen LogP contribution in [0.3, 0.4) is 0 Å². The smallest absolute Gasteiger partial charge is 0.263 e. The van der Waals surface area contributed by atoms with Crippen LogP contribution >= 0.6 is 0 Å². The molecular weight excluding hydrogens is 482 g/mol. The number of fused-ring (bicyclic) bond motifs is 1. The van der Waals surface area contributed by atoms with Gasteiger partial charge in [0.25, 0.3) is 5.91 Å². The highest BCUT2D eigenvalue weighted by molar-refractivity contribution is 7.92. The molecule has 0 bridgehead atoms. The van der Waals surface area contributed by atoms with E-state index >= 15 is 0 Å².